The van der Waals surface area contributed by atoms with Gasteiger partial charge in [-0.1, -0.05) is 36.5 Å². The second kappa shape index (κ2) is 9.44. The highest BCUT2D eigenvalue weighted by molar-refractivity contribution is 8.09. The topological polar surface area (TPSA) is 34.1 Å². The lowest BCUT2D eigenvalue weighted by Gasteiger charge is -2.18. The fourth-order valence-corrected chi connectivity index (χ4v) is 6.91. The zero-order chi connectivity index (χ0) is 19.3. The number of rotatable bonds is 5. The molecule has 2 nitrogen and oxygen atoms in total. The number of allylic oxidation sites excluding steroid dienone is 8. The smallest absolute Gasteiger partial charge is 0.230 e. The lowest BCUT2D eigenvalue weighted by Crippen LogP contribution is -2.22. The third-order valence-electron chi connectivity index (χ3n) is 4.35. The van der Waals surface area contributed by atoms with Gasteiger partial charge in [0.2, 0.25) is 11.6 Å². The summed E-state index contributed by atoms with van der Waals surface area (Å²) in [5.41, 5.74) is 1.18. The van der Waals surface area contributed by atoms with Crippen molar-refractivity contribution in [3.8, 4) is 0 Å². The Bertz CT molecular complexity index is 877. The molecule has 0 aliphatic carbocycles. The number of hydrogen-bond acceptors (Lipinski definition) is 6. The quantitative estimate of drug-likeness (QED) is 0.515. The summed E-state index contributed by atoms with van der Waals surface area (Å²) in [5.74, 6) is 2.32. The molecule has 0 radical (unpaired) electrons. The van der Waals surface area contributed by atoms with Crippen LogP contribution in [-0.4, -0.2) is 34.6 Å². The van der Waals surface area contributed by atoms with E-state index in [1.54, 1.807) is 47.0 Å². The highest BCUT2D eigenvalue weighted by Crippen LogP contribution is 2.39. The molecular weight excluding hydrogens is 425 g/mol. The van der Waals surface area contributed by atoms with Crippen LogP contribution in [0.2, 0.25) is 0 Å². The zero-order valence-corrected chi connectivity index (χ0v) is 18.3. The second-order valence-electron chi connectivity index (χ2n) is 6.22. The van der Waals surface area contributed by atoms with Crippen molar-refractivity contribution >= 4 is 58.6 Å². The predicted octanol–water partition coefficient (Wildman–Crippen LogP) is 5.61. The summed E-state index contributed by atoms with van der Waals surface area (Å²) in [4.78, 5) is 30.2. The van der Waals surface area contributed by atoms with Gasteiger partial charge < -0.3 is 0 Å². The van der Waals surface area contributed by atoms with E-state index in [1.165, 1.54) is 19.6 Å². The monoisotopic (exact) mass is 442 g/mol. The number of Topliss-reactive ketones (excluding diaryl/α,β-unsaturated/α-hetero) is 2. The summed E-state index contributed by atoms with van der Waals surface area (Å²) in [6, 6.07) is 0. The van der Waals surface area contributed by atoms with Crippen LogP contribution in [0.4, 0.5) is 0 Å². The van der Waals surface area contributed by atoms with Crippen LogP contribution in [0.25, 0.3) is 0 Å². The van der Waals surface area contributed by atoms with Crippen molar-refractivity contribution in [2.75, 3.05) is 23.0 Å². The molecule has 0 saturated carbocycles. The van der Waals surface area contributed by atoms with Gasteiger partial charge in [0.15, 0.2) is 0 Å². The normalized spacial score (nSPS) is 21.7. The molecule has 0 bridgehead atoms. The molecule has 142 valence electrons. The lowest BCUT2D eigenvalue weighted by atomic mass is 10.0. The molecule has 0 amide bonds. The molecule has 0 unspecified atom stereocenters. The average molecular weight is 443 g/mol. The number of carbonyl (C=O) groups excluding carboxylic acids is 2. The Morgan fingerprint density at radius 3 is 1.32 bits per heavy atom. The van der Waals surface area contributed by atoms with Gasteiger partial charge in [0.25, 0.3) is 0 Å². The molecule has 4 aliphatic heterocycles. The standard InChI is InChI=1S/C22H18O2S4/c23-21(15-7-9-19(27-13-15)17-5-1-3-11-25-17)22(24)16-8-10-20(28-14-16)18-6-2-4-12-26-18/h1-10H,11-14H2. The molecule has 0 fully saturated rings. The first-order chi connectivity index (χ1) is 13.7. The maximum Gasteiger partial charge on any atom is 0.230 e. The molecule has 4 aliphatic rings. The van der Waals surface area contributed by atoms with Crippen LogP contribution < -0.4 is 0 Å². The highest BCUT2D eigenvalue weighted by atomic mass is 32.2. The summed E-state index contributed by atoms with van der Waals surface area (Å²) >= 11 is 6.86. The minimum atomic E-state index is -0.370. The van der Waals surface area contributed by atoms with E-state index in [9.17, 15) is 9.59 Å². The molecule has 0 atom stereocenters. The van der Waals surface area contributed by atoms with Crippen molar-refractivity contribution in [1.29, 1.82) is 0 Å². The van der Waals surface area contributed by atoms with E-state index in [0.29, 0.717) is 22.7 Å². The maximum atomic E-state index is 12.7. The first kappa shape index (κ1) is 20.0. The van der Waals surface area contributed by atoms with Crippen molar-refractivity contribution in [3.05, 3.63) is 91.5 Å². The van der Waals surface area contributed by atoms with Gasteiger partial charge in [-0.25, -0.2) is 0 Å². The Labute approximate surface area is 182 Å². The van der Waals surface area contributed by atoms with Gasteiger partial charge in [-0.05, 0) is 24.3 Å². The maximum absolute atomic E-state index is 12.7. The van der Waals surface area contributed by atoms with E-state index in [-0.39, 0.29) is 11.6 Å². The van der Waals surface area contributed by atoms with Crippen LogP contribution in [0, 0.1) is 0 Å². The summed E-state index contributed by atoms with van der Waals surface area (Å²) in [6.45, 7) is 0. The predicted molar refractivity (Wildman–Crippen MR) is 127 cm³/mol. The second-order valence-corrected chi connectivity index (χ2v) is 10.4. The Morgan fingerprint density at radius 2 is 1.00 bits per heavy atom. The molecule has 4 rings (SSSR count). The Balaban J connectivity index is 1.45. The van der Waals surface area contributed by atoms with Crippen LogP contribution in [0.5, 0.6) is 0 Å². The van der Waals surface area contributed by atoms with Crippen molar-refractivity contribution in [2.24, 2.45) is 0 Å². The van der Waals surface area contributed by atoms with Crippen molar-refractivity contribution in [3.63, 3.8) is 0 Å². The van der Waals surface area contributed by atoms with Gasteiger partial charge in [0.05, 0.1) is 0 Å². The Kier molecular flexibility index (Phi) is 6.73. The molecule has 0 saturated heterocycles. The summed E-state index contributed by atoms with van der Waals surface area (Å²) in [5, 5.41) is 0. The molecule has 0 aromatic carbocycles. The number of ketones is 2. The molecule has 4 heterocycles. The van der Waals surface area contributed by atoms with Crippen LogP contribution in [0.1, 0.15) is 0 Å². The number of carbonyl (C=O) groups is 2. The fraction of sp³-hybridized carbons (Fsp3) is 0.182. The molecule has 0 N–H and O–H groups in total. The first-order valence-corrected chi connectivity index (χ1v) is 12.8. The largest absolute Gasteiger partial charge is 0.285 e. The molecule has 6 heteroatoms. The van der Waals surface area contributed by atoms with Crippen LogP contribution in [0.3, 0.4) is 0 Å². The summed E-state index contributed by atoms with van der Waals surface area (Å²) in [7, 11) is 0. The van der Waals surface area contributed by atoms with E-state index in [2.05, 4.69) is 36.5 Å². The van der Waals surface area contributed by atoms with Crippen LogP contribution in [0.15, 0.2) is 91.5 Å². The molecule has 0 aromatic rings. The molecule has 0 spiro atoms. The van der Waals surface area contributed by atoms with Gasteiger partial charge in [-0.3, -0.25) is 9.59 Å². The van der Waals surface area contributed by atoms with Gasteiger partial charge in [0, 0.05) is 53.8 Å². The third-order valence-corrected chi connectivity index (χ3v) is 8.91. The SMILES string of the molecule is O=C(C(=O)C1=CC=C(C2=CC=CCS2)SC1)C1=CC=C(C2=CC=CCS2)SC1. The number of thioether (sulfide) groups is 4. The fourth-order valence-electron chi connectivity index (χ4n) is 2.84. The van der Waals surface area contributed by atoms with Crippen molar-refractivity contribution in [2.45, 2.75) is 0 Å². The molecular formula is C22H18O2S4. The zero-order valence-electron chi connectivity index (χ0n) is 15.1. The Hall–Kier alpha value is -1.34. The average Bonchev–Trinajstić information content (AvgIpc) is 2.79. The lowest BCUT2D eigenvalue weighted by molar-refractivity contribution is -0.132. The molecule has 28 heavy (non-hydrogen) atoms. The van der Waals surface area contributed by atoms with E-state index < -0.39 is 0 Å². The minimum Gasteiger partial charge on any atom is -0.285 e. The van der Waals surface area contributed by atoms with E-state index in [0.717, 1.165) is 11.5 Å². The third kappa shape index (κ3) is 4.62. The van der Waals surface area contributed by atoms with E-state index in [4.69, 9.17) is 0 Å². The first-order valence-electron chi connectivity index (χ1n) is 8.89. The van der Waals surface area contributed by atoms with Crippen molar-refractivity contribution < 1.29 is 9.59 Å². The van der Waals surface area contributed by atoms with Crippen molar-refractivity contribution in [1.82, 2.24) is 0 Å². The minimum absolute atomic E-state index is 0.370. The van der Waals surface area contributed by atoms with Crippen LogP contribution >= 0.6 is 47.0 Å². The van der Waals surface area contributed by atoms with Gasteiger partial charge in [0.1, 0.15) is 0 Å². The number of hydrogen-bond donors (Lipinski definition) is 0. The molecule has 0 aromatic heterocycles. The Morgan fingerprint density at radius 1 is 0.571 bits per heavy atom. The highest BCUT2D eigenvalue weighted by Gasteiger charge is 2.26. The van der Waals surface area contributed by atoms with E-state index in [1.807, 2.05) is 24.3 Å². The summed E-state index contributed by atoms with van der Waals surface area (Å²) < 4.78 is 0. The van der Waals surface area contributed by atoms with Crippen LogP contribution in [-0.2, 0) is 9.59 Å². The van der Waals surface area contributed by atoms with Gasteiger partial charge in [-0.2, -0.15) is 0 Å². The van der Waals surface area contributed by atoms with Gasteiger partial charge >= 0.3 is 0 Å². The van der Waals surface area contributed by atoms with E-state index >= 15 is 0 Å². The summed E-state index contributed by atoms with van der Waals surface area (Å²) in [6.07, 6.45) is 20.2. The van der Waals surface area contributed by atoms with Gasteiger partial charge in [-0.15, -0.1) is 47.0 Å².